The van der Waals surface area contributed by atoms with E-state index in [1.165, 1.54) is 25.3 Å². The molecule has 0 amide bonds. The van der Waals surface area contributed by atoms with Crippen LogP contribution in [0.15, 0.2) is 25.3 Å². The van der Waals surface area contributed by atoms with E-state index in [4.69, 9.17) is 34.5 Å². The number of nitrogen functional groups attached to an aromatic ring is 2. The predicted octanol–water partition coefficient (Wildman–Crippen LogP) is 1.58. The van der Waals surface area contributed by atoms with E-state index in [1.807, 2.05) is 0 Å². The Kier molecular flexibility index (Phi) is 8.16. The van der Waals surface area contributed by atoms with Crippen molar-refractivity contribution < 1.29 is 41.5 Å². The summed E-state index contributed by atoms with van der Waals surface area (Å²) in [6, 6.07) is 0. The van der Waals surface area contributed by atoms with E-state index in [-0.39, 0.29) is 31.1 Å². The summed E-state index contributed by atoms with van der Waals surface area (Å²) in [6.07, 6.45) is -0.378. The molecule has 0 aliphatic carbocycles. The number of fused-ring (bicyclic) bond motifs is 2. The number of ether oxygens (including phenoxy) is 2. The van der Waals surface area contributed by atoms with Gasteiger partial charge >= 0.3 is 15.1 Å². The van der Waals surface area contributed by atoms with Gasteiger partial charge in [0.05, 0.1) is 32.0 Å². The third-order valence-corrected chi connectivity index (χ3v) is 8.49. The van der Waals surface area contributed by atoms with Crippen LogP contribution in [0.25, 0.3) is 22.3 Å². The zero-order valence-electron chi connectivity index (χ0n) is 21.4. The molecule has 0 saturated carbocycles. The van der Waals surface area contributed by atoms with E-state index in [9.17, 15) is 18.4 Å². The lowest BCUT2D eigenvalue weighted by Gasteiger charge is -2.20. The van der Waals surface area contributed by atoms with Gasteiger partial charge in [0.15, 0.2) is 22.9 Å². The van der Waals surface area contributed by atoms with Crippen molar-refractivity contribution in [3.8, 4) is 0 Å². The number of hydrogen-bond acceptors (Lipinski definition) is 15. The maximum atomic E-state index is 14.9. The fourth-order valence-electron chi connectivity index (χ4n) is 4.79. The van der Waals surface area contributed by atoms with Gasteiger partial charge in [0, 0.05) is 12.8 Å². The zero-order chi connectivity index (χ0) is 29.6. The van der Waals surface area contributed by atoms with Crippen molar-refractivity contribution >= 4 is 61.3 Å². The summed E-state index contributed by atoms with van der Waals surface area (Å²) in [5.41, 5.74) is 13.1. The molecule has 8 atom stereocenters. The maximum absolute atomic E-state index is 14.9. The first-order valence-corrected chi connectivity index (χ1v) is 16.4. The molecule has 2 fully saturated rings. The molecule has 42 heavy (non-hydrogen) atoms. The lowest BCUT2D eigenvalue weighted by molar-refractivity contribution is -0.0409. The molecule has 0 aromatic carbocycles. The molecule has 226 valence electrons. The van der Waals surface area contributed by atoms with Crippen LogP contribution in [0.3, 0.4) is 0 Å². The Morgan fingerprint density at radius 1 is 0.976 bits per heavy atom. The lowest BCUT2D eigenvalue weighted by atomic mass is 10.2. The normalized spacial score (nSPS) is 28.5. The number of halogens is 1. The van der Waals surface area contributed by atoms with E-state index < -0.39 is 58.6 Å². The second kappa shape index (κ2) is 11.7. The topological polar surface area (TPSA) is 240 Å². The maximum Gasteiger partial charge on any atom is 0.383 e. The van der Waals surface area contributed by atoms with Gasteiger partial charge in [-0.05, 0) is 0 Å². The molecule has 0 radical (unpaired) electrons. The van der Waals surface area contributed by atoms with Gasteiger partial charge in [0.2, 0.25) is 0 Å². The first-order chi connectivity index (χ1) is 20.1. The zero-order valence-corrected chi connectivity index (χ0v) is 24.2. The monoisotopic (exact) mass is 646 g/mol. The Bertz CT molecular complexity index is 1670. The molecule has 2 aliphatic heterocycles. The number of alkyl halides is 1. The Morgan fingerprint density at radius 2 is 1.55 bits per heavy atom. The quantitative estimate of drug-likeness (QED) is 0.141. The highest BCUT2D eigenvalue weighted by Crippen LogP contribution is 2.48. The minimum Gasteiger partial charge on any atom is -0.382 e. The number of thiol groups is 1. The fraction of sp³-hybridized carbons (Fsp3) is 0.500. The smallest absolute Gasteiger partial charge is 0.382 e. The van der Waals surface area contributed by atoms with Crippen LogP contribution in [0, 0.1) is 0 Å². The van der Waals surface area contributed by atoms with E-state index in [0.29, 0.717) is 22.3 Å². The minimum absolute atomic E-state index is 0.0272. The molecular formula is C20H25FN10O8P2S. The summed E-state index contributed by atoms with van der Waals surface area (Å²) in [6.45, 7) is -4.95. The van der Waals surface area contributed by atoms with Gasteiger partial charge in [-0.1, -0.05) is 12.2 Å². The van der Waals surface area contributed by atoms with E-state index in [2.05, 4.69) is 42.2 Å². The van der Waals surface area contributed by atoms with E-state index in [1.54, 1.807) is 9.13 Å². The van der Waals surface area contributed by atoms with Crippen LogP contribution in [-0.4, -0.2) is 81.6 Å². The highest BCUT2D eigenvalue weighted by atomic mass is 32.7. The van der Waals surface area contributed by atoms with E-state index >= 15 is 0 Å². The fourth-order valence-corrected chi connectivity index (χ4v) is 6.20. The van der Waals surface area contributed by atoms with Gasteiger partial charge in [-0.15, -0.1) is 0 Å². The van der Waals surface area contributed by atoms with Crippen molar-refractivity contribution in [2.75, 3.05) is 24.7 Å². The van der Waals surface area contributed by atoms with Crippen LogP contribution in [-0.2, 0) is 32.2 Å². The number of imidazole rings is 2. The molecule has 2 aliphatic rings. The number of rotatable bonds is 10. The van der Waals surface area contributed by atoms with Crippen molar-refractivity contribution in [2.45, 2.75) is 49.8 Å². The molecule has 4 aromatic heterocycles. The van der Waals surface area contributed by atoms with Crippen molar-refractivity contribution in [1.82, 2.24) is 39.0 Å². The van der Waals surface area contributed by atoms with Crippen LogP contribution in [0.1, 0.15) is 25.3 Å². The summed E-state index contributed by atoms with van der Waals surface area (Å²) in [4.78, 5) is 33.9. The average Bonchev–Trinajstić information content (AvgIpc) is 3.71. The Balaban J connectivity index is 1.10. The van der Waals surface area contributed by atoms with Crippen molar-refractivity contribution in [3.63, 3.8) is 0 Å². The molecule has 4 aromatic rings. The number of nitrogens with zero attached hydrogens (tertiary/aromatic N) is 8. The number of anilines is 2. The highest BCUT2D eigenvalue weighted by molar-refractivity contribution is 8.44. The standard InChI is InChI=1S/C20H25FN10O8P2S/c21-9-1-13(30-7-28-15-17(22)24-5-26-19(15)30)37-11(9)3-35-40(32)39-10-2-14(38-12(10)4-36-41(33,34)42)31-8-29-16-18(23)25-6-27-20(16)31/h5-14,40H,1-4H2,(H2,22,24,26)(H2,23,25,27)(H2,33,34,42)/t9-,10-,11+,12+,13+,14+/m0/s1. The van der Waals surface area contributed by atoms with Gasteiger partial charge < -0.3 is 34.9 Å². The Hall–Kier alpha value is -2.80. The second-order valence-corrected chi connectivity index (χ2v) is 13.2. The molecular weight excluding hydrogens is 621 g/mol. The molecule has 18 nitrogen and oxygen atoms in total. The number of hydrogen-bond donors (Lipinski definition) is 4. The molecule has 22 heteroatoms. The van der Waals surface area contributed by atoms with Crippen LogP contribution in [0.2, 0.25) is 0 Å². The molecule has 2 saturated heterocycles. The summed E-state index contributed by atoms with van der Waals surface area (Å²) in [7, 11) is -3.23. The van der Waals surface area contributed by atoms with Gasteiger partial charge in [0.1, 0.15) is 54.5 Å². The lowest BCUT2D eigenvalue weighted by Crippen LogP contribution is -2.27. The van der Waals surface area contributed by atoms with Crippen molar-refractivity contribution in [2.24, 2.45) is 0 Å². The van der Waals surface area contributed by atoms with Gasteiger partial charge in [0.25, 0.3) is 0 Å². The molecule has 6 rings (SSSR count). The van der Waals surface area contributed by atoms with Crippen LogP contribution >= 0.6 is 27.3 Å². The molecule has 6 heterocycles. The van der Waals surface area contributed by atoms with Crippen molar-refractivity contribution in [3.05, 3.63) is 25.3 Å². The average molecular weight is 646 g/mol. The van der Waals surface area contributed by atoms with Gasteiger partial charge in [-0.25, -0.2) is 38.9 Å². The summed E-state index contributed by atoms with van der Waals surface area (Å²) < 4.78 is 70.1. The summed E-state index contributed by atoms with van der Waals surface area (Å²) >= 11 is 3.51. The third-order valence-electron chi connectivity index (χ3n) is 6.76. The highest BCUT2D eigenvalue weighted by Gasteiger charge is 2.41. The first kappa shape index (κ1) is 29.3. The largest absolute Gasteiger partial charge is 0.383 e. The molecule has 5 N–H and O–H groups in total. The first-order valence-electron chi connectivity index (χ1n) is 12.4. The number of aromatic nitrogens is 8. The van der Waals surface area contributed by atoms with Crippen LogP contribution in [0.5, 0.6) is 0 Å². The van der Waals surface area contributed by atoms with Gasteiger partial charge in [-0.2, -0.15) is 0 Å². The summed E-state index contributed by atoms with van der Waals surface area (Å²) in [5.74, 6) is 0.348. The SMILES string of the molecule is Nc1ncnc2c1ncn2[C@H]1C[C@H](O[PH](=O)OC[C@H]2O[C@@H](n3cnc4c(N)ncnc43)C[C@@H]2F)[C@@H](CO[P@](=O)(O)S)O1. The second-order valence-electron chi connectivity index (χ2n) is 9.42. The van der Waals surface area contributed by atoms with Crippen LogP contribution in [0.4, 0.5) is 16.0 Å². The summed E-state index contributed by atoms with van der Waals surface area (Å²) in [5, 5.41) is 0. The Morgan fingerprint density at radius 3 is 2.14 bits per heavy atom. The Labute approximate surface area is 241 Å². The van der Waals surface area contributed by atoms with Crippen molar-refractivity contribution in [1.29, 1.82) is 0 Å². The van der Waals surface area contributed by atoms with Crippen LogP contribution < -0.4 is 11.5 Å². The predicted molar refractivity (Wildman–Crippen MR) is 146 cm³/mol. The molecule has 0 bridgehead atoms. The van der Waals surface area contributed by atoms with E-state index in [0.717, 1.165) is 0 Å². The number of nitrogens with two attached hydrogens (primary N) is 2. The van der Waals surface area contributed by atoms with Gasteiger partial charge in [-0.3, -0.25) is 18.2 Å². The third kappa shape index (κ3) is 5.99. The molecule has 1 unspecified atom stereocenters. The minimum atomic E-state index is -4.16. The molecule has 0 spiro atoms.